The Morgan fingerprint density at radius 2 is 2.10 bits per heavy atom. The summed E-state index contributed by atoms with van der Waals surface area (Å²) >= 11 is 0. The molecule has 0 aliphatic heterocycles. The van der Waals surface area contributed by atoms with Gasteiger partial charge in [0, 0.05) is 13.5 Å². The highest BCUT2D eigenvalue weighted by molar-refractivity contribution is 5.88. The van der Waals surface area contributed by atoms with Crippen LogP contribution in [-0.2, 0) is 14.3 Å². The Balaban J connectivity index is 4.83. The van der Waals surface area contributed by atoms with E-state index in [0.29, 0.717) is 6.42 Å². The lowest BCUT2D eigenvalue weighted by molar-refractivity contribution is -0.130. The molecule has 0 fully saturated rings. The first kappa shape index (κ1) is 17.5. The van der Waals surface area contributed by atoms with Crippen molar-refractivity contribution in [3.8, 4) is 0 Å². The van der Waals surface area contributed by atoms with E-state index in [9.17, 15) is 9.59 Å². The van der Waals surface area contributed by atoms with E-state index in [1.54, 1.807) is 18.2 Å². The van der Waals surface area contributed by atoms with Crippen molar-refractivity contribution in [3.63, 3.8) is 0 Å². The molecule has 0 aliphatic rings. The molecule has 0 aromatic carbocycles. The predicted octanol–water partition coefficient (Wildman–Crippen LogP) is 0.352. The van der Waals surface area contributed by atoms with Crippen molar-refractivity contribution in [2.24, 2.45) is 5.73 Å². The largest absolute Gasteiger partial charge is 0.492 e. The van der Waals surface area contributed by atoms with Crippen LogP contribution in [0.4, 0.5) is 0 Å². The lowest BCUT2D eigenvalue weighted by Gasteiger charge is -2.17. The van der Waals surface area contributed by atoms with Gasteiger partial charge < -0.3 is 21.1 Å². The Bertz CT molecular complexity index is 414. The molecule has 0 bridgehead atoms. The fourth-order valence-corrected chi connectivity index (χ4v) is 1.46. The number of allylic oxidation sites excluding steroid dienone is 3. The number of carbonyl (C=O) groups excluding carboxylic acids is 2. The Kier molecular flexibility index (Phi) is 9.12. The molecule has 0 spiro atoms. The van der Waals surface area contributed by atoms with Crippen LogP contribution in [0, 0.1) is 0 Å². The molecule has 0 aliphatic carbocycles. The molecule has 20 heavy (non-hydrogen) atoms. The van der Waals surface area contributed by atoms with Gasteiger partial charge in [-0.15, -0.1) is 0 Å². The van der Waals surface area contributed by atoms with Crippen molar-refractivity contribution in [1.29, 1.82) is 0 Å². The number of hydrogen-bond donors (Lipinski definition) is 3. The number of ether oxygens (including phenoxy) is 1. The molecule has 110 valence electrons. The minimum Gasteiger partial charge on any atom is -0.492 e. The van der Waals surface area contributed by atoms with Crippen LogP contribution in [0.15, 0.2) is 49.4 Å². The minimum absolute atomic E-state index is 0.190. The maximum atomic E-state index is 11.8. The van der Waals surface area contributed by atoms with Gasteiger partial charge in [0.25, 0.3) is 5.91 Å². The average Bonchev–Trinajstić information content (AvgIpc) is 2.44. The topological polar surface area (TPSA) is 93.4 Å². The summed E-state index contributed by atoms with van der Waals surface area (Å²) in [5.41, 5.74) is 6.10. The van der Waals surface area contributed by atoms with Crippen LogP contribution in [0.25, 0.3) is 0 Å². The summed E-state index contributed by atoms with van der Waals surface area (Å²) in [7, 11) is 1.50. The number of rotatable bonds is 9. The zero-order valence-corrected chi connectivity index (χ0v) is 11.6. The molecule has 0 aromatic rings. The second kappa shape index (κ2) is 10.4. The fourth-order valence-electron chi connectivity index (χ4n) is 1.46. The minimum atomic E-state index is -0.719. The second-order valence-corrected chi connectivity index (χ2v) is 3.75. The van der Waals surface area contributed by atoms with E-state index in [1.165, 1.54) is 13.2 Å². The number of nitrogens with two attached hydrogens (primary N) is 1. The van der Waals surface area contributed by atoms with Crippen LogP contribution in [-0.4, -0.2) is 31.5 Å². The van der Waals surface area contributed by atoms with Crippen molar-refractivity contribution in [2.75, 3.05) is 13.7 Å². The summed E-state index contributed by atoms with van der Waals surface area (Å²) < 4.78 is 4.76. The van der Waals surface area contributed by atoms with Crippen LogP contribution in [0.2, 0.25) is 0 Å². The van der Waals surface area contributed by atoms with Gasteiger partial charge in [-0.3, -0.25) is 9.59 Å². The molecule has 6 nitrogen and oxygen atoms in total. The van der Waals surface area contributed by atoms with Gasteiger partial charge in [0.2, 0.25) is 5.91 Å². The molecular formula is C14H21N3O3. The molecule has 2 amide bonds. The maximum Gasteiger partial charge on any atom is 0.258 e. The van der Waals surface area contributed by atoms with Crippen LogP contribution in [0.3, 0.4) is 0 Å². The van der Waals surface area contributed by atoms with Gasteiger partial charge >= 0.3 is 0 Å². The third-order valence-electron chi connectivity index (χ3n) is 2.31. The molecule has 0 saturated carbocycles. The highest BCUT2D eigenvalue weighted by atomic mass is 16.5. The summed E-state index contributed by atoms with van der Waals surface area (Å²) in [6.07, 6.45) is 7.75. The molecule has 1 atom stereocenters. The van der Waals surface area contributed by atoms with Gasteiger partial charge in [-0.2, -0.15) is 0 Å². The van der Waals surface area contributed by atoms with Crippen LogP contribution in [0.5, 0.6) is 0 Å². The lowest BCUT2D eigenvalue weighted by atomic mass is 10.0. The molecule has 0 heterocycles. The normalized spacial score (nSPS) is 12.6. The van der Waals surface area contributed by atoms with E-state index in [4.69, 9.17) is 10.5 Å². The molecule has 0 aromatic heterocycles. The fraction of sp³-hybridized carbons (Fsp3) is 0.286. The average molecular weight is 279 g/mol. The maximum absolute atomic E-state index is 11.8. The zero-order valence-electron chi connectivity index (χ0n) is 11.6. The van der Waals surface area contributed by atoms with Crippen molar-refractivity contribution >= 4 is 11.8 Å². The van der Waals surface area contributed by atoms with Gasteiger partial charge in [-0.05, 0) is 17.8 Å². The van der Waals surface area contributed by atoms with Crippen molar-refractivity contribution in [2.45, 2.75) is 12.5 Å². The highest BCUT2D eigenvalue weighted by Crippen LogP contribution is 2.08. The predicted molar refractivity (Wildman–Crippen MR) is 78.4 cm³/mol. The Morgan fingerprint density at radius 3 is 2.60 bits per heavy atom. The zero-order chi connectivity index (χ0) is 15.4. The van der Waals surface area contributed by atoms with Crippen LogP contribution >= 0.6 is 0 Å². The first-order chi connectivity index (χ1) is 9.58. The van der Waals surface area contributed by atoms with Crippen molar-refractivity contribution < 1.29 is 14.3 Å². The van der Waals surface area contributed by atoms with Gasteiger partial charge in [0.15, 0.2) is 6.61 Å². The van der Waals surface area contributed by atoms with Gasteiger partial charge in [-0.25, -0.2) is 0 Å². The molecule has 0 rings (SSSR count). The van der Waals surface area contributed by atoms with Gasteiger partial charge in [0.1, 0.15) is 6.04 Å². The third kappa shape index (κ3) is 7.05. The van der Waals surface area contributed by atoms with E-state index in [-0.39, 0.29) is 12.5 Å². The Morgan fingerprint density at radius 1 is 1.40 bits per heavy atom. The highest BCUT2D eigenvalue weighted by Gasteiger charge is 2.20. The molecule has 0 radical (unpaired) electrons. The first-order valence-electron chi connectivity index (χ1n) is 6.02. The molecule has 0 unspecified atom stereocenters. The quantitative estimate of drug-likeness (QED) is 0.419. The van der Waals surface area contributed by atoms with E-state index >= 15 is 0 Å². The number of likely N-dealkylation sites (N-methyl/N-ethyl adjacent to an activating group) is 1. The summed E-state index contributed by atoms with van der Waals surface area (Å²) in [6.45, 7) is 6.73. The summed E-state index contributed by atoms with van der Waals surface area (Å²) in [5, 5.41) is 5.07. The standard InChI is InChI=1S/C14H21N3O3/c1-4-6-11(7-8-15)9-12(14(19)16-3)17-13(18)10-20-5-2/h4-8,12H,1-2,9-10,15H2,3H3,(H,16,19)(H,17,18)/b8-7-,11-6+/t12-/m0/s1. The summed E-state index contributed by atoms with van der Waals surface area (Å²) in [4.78, 5) is 23.4. The van der Waals surface area contributed by atoms with Crippen molar-refractivity contribution in [3.05, 3.63) is 49.4 Å². The van der Waals surface area contributed by atoms with E-state index in [0.717, 1.165) is 11.8 Å². The van der Waals surface area contributed by atoms with E-state index < -0.39 is 11.9 Å². The monoisotopic (exact) mass is 279 g/mol. The van der Waals surface area contributed by atoms with Gasteiger partial charge in [0.05, 0.1) is 6.26 Å². The van der Waals surface area contributed by atoms with E-state index in [1.807, 2.05) is 0 Å². The molecule has 0 saturated heterocycles. The summed E-state index contributed by atoms with van der Waals surface area (Å²) in [6, 6.07) is -0.719. The second-order valence-electron chi connectivity index (χ2n) is 3.75. The molecular weight excluding hydrogens is 258 g/mol. The SMILES string of the molecule is C=C/C=C(\C=C/N)C[C@H](NC(=O)COC=C)C(=O)NC. The first-order valence-corrected chi connectivity index (χ1v) is 6.02. The third-order valence-corrected chi connectivity index (χ3v) is 2.31. The number of hydrogen-bond acceptors (Lipinski definition) is 4. The smallest absolute Gasteiger partial charge is 0.258 e. The summed E-state index contributed by atoms with van der Waals surface area (Å²) in [5.74, 6) is -0.717. The molecule has 6 heteroatoms. The lowest BCUT2D eigenvalue weighted by Crippen LogP contribution is -2.46. The van der Waals surface area contributed by atoms with E-state index in [2.05, 4.69) is 23.8 Å². The van der Waals surface area contributed by atoms with Crippen LogP contribution in [0.1, 0.15) is 6.42 Å². The van der Waals surface area contributed by atoms with Crippen LogP contribution < -0.4 is 16.4 Å². The number of nitrogens with one attached hydrogen (secondary N) is 2. The molecule has 4 N–H and O–H groups in total. The van der Waals surface area contributed by atoms with Gasteiger partial charge in [-0.1, -0.05) is 25.3 Å². The Hall–Kier alpha value is -2.50. The number of carbonyl (C=O) groups is 2. The number of amides is 2. The Labute approximate surface area is 119 Å². The van der Waals surface area contributed by atoms with Crippen molar-refractivity contribution in [1.82, 2.24) is 10.6 Å².